The second-order valence-corrected chi connectivity index (χ2v) is 12.0. The molecule has 2 fully saturated rings. The summed E-state index contributed by atoms with van der Waals surface area (Å²) in [5.74, 6) is -28.3. The molecule has 5 rings (SSSR count). The zero-order valence-electron chi connectivity index (χ0n) is 18.4. The van der Waals surface area contributed by atoms with Gasteiger partial charge < -0.3 is 0 Å². The summed E-state index contributed by atoms with van der Waals surface area (Å²) < 4.78 is 146. The van der Waals surface area contributed by atoms with Gasteiger partial charge in [-0.1, -0.05) is 91.0 Å². The first-order valence-electron chi connectivity index (χ1n) is 10.8. The van der Waals surface area contributed by atoms with E-state index in [0.29, 0.717) is 0 Å². The number of halogens is 10. The molecule has 0 spiro atoms. The molecule has 0 atom stereocenters. The second kappa shape index (κ2) is 7.76. The van der Waals surface area contributed by atoms with E-state index in [4.69, 9.17) is 0 Å². The molecule has 0 aromatic heterocycles. The van der Waals surface area contributed by atoms with Gasteiger partial charge in [-0.25, -0.2) is 0 Å². The van der Waals surface area contributed by atoms with E-state index in [1.54, 1.807) is 0 Å². The maximum atomic E-state index is 15.5. The molecule has 2 saturated carbocycles. The zero-order valence-corrected chi connectivity index (χ0v) is 19.3. The Morgan fingerprint density at radius 1 is 0.405 bits per heavy atom. The van der Waals surface area contributed by atoms with Crippen molar-refractivity contribution in [2.75, 3.05) is 0 Å². The number of alkyl halides is 10. The lowest BCUT2D eigenvalue weighted by Gasteiger charge is -2.53. The highest BCUT2D eigenvalue weighted by atomic mass is 31.2. The Balaban J connectivity index is 2.09. The molecule has 0 heterocycles. The van der Waals surface area contributed by atoms with E-state index in [1.807, 2.05) is 0 Å². The van der Waals surface area contributed by atoms with Crippen LogP contribution in [0.15, 0.2) is 102 Å². The predicted octanol–water partition coefficient (Wildman–Crippen LogP) is 6.65. The highest BCUT2D eigenvalue weighted by Gasteiger charge is 2.91. The highest BCUT2D eigenvalue weighted by molar-refractivity contribution is 7.96. The van der Waals surface area contributed by atoms with Crippen LogP contribution in [0.1, 0.15) is 0 Å². The van der Waals surface area contributed by atoms with Crippen LogP contribution in [0.25, 0.3) is 0 Å². The minimum Gasteiger partial charge on any atom is -0.194 e. The molecule has 0 bridgehead atoms. The maximum Gasteiger partial charge on any atom is 0.380 e. The van der Waals surface area contributed by atoms with Crippen LogP contribution in [0.3, 0.4) is 0 Å². The molecule has 0 radical (unpaired) electrons. The summed E-state index contributed by atoms with van der Waals surface area (Å²) in [5.41, 5.74) is -5.38. The third-order valence-corrected chi connectivity index (χ3v) is 11.1. The first-order valence-corrected chi connectivity index (χ1v) is 12.6. The minimum atomic E-state index is -6.03. The van der Waals surface area contributed by atoms with Crippen molar-refractivity contribution in [3.8, 4) is 0 Å². The Labute approximate surface area is 204 Å². The Morgan fingerprint density at radius 2 is 0.730 bits per heavy atom. The minimum absolute atomic E-state index is 0.0339. The maximum absolute atomic E-state index is 15.5. The largest absolute Gasteiger partial charge is 0.380 e. The van der Waals surface area contributed by atoms with Gasteiger partial charge in [-0.05, 0) is 22.8 Å². The molecular formula is C26H15F10P. The molecule has 0 saturated heterocycles. The van der Waals surface area contributed by atoms with Crippen LogP contribution in [-0.2, 0) is 0 Å². The average molecular weight is 548 g/mol. The summed E-state index contributed by atoms with van der Waals surface area (Å²) in [7, 11) is 0. The zero-order chi connectivity index (χ0) is 27.1. The monoisotopic (exact) mass is 548 g/mol. The number of allylic oxidation sites excluding steroid dienone is 2. The van der Waals surface area contributed by atoms with Crippen molar-refractivity contribution in [2.24, 2.45) is 0 Å². The first kappa shape index (κ1) is 25.6. The molecule has 0 nitrogen and oxygen atoms in total. The molecule has 37 heavy (non-hydrogen) atoms. The molecule has 0 aliphatic heterocycles. The third kappa shape index (κ3) is 2.93. The van der Waals surface area contributed by atoms with E-state index in [9.17, 15) is 35.1 Å². The molecule has 2 aliphatic carbocycles. The van der Waals surface area contributed by atoms with Gasteiger partial charge in [0.1, 0.15) is 0 Å². The molecule has 0 unspecified atom stereocenters. The smallest absolute Gasteiger partial charge is 0.194 e. The number of rotatable bonds is 3. The summed E-state index contributed by atoms with van der Waals surface area (Å²) >= 11 is 0. The molecule has 3 aromatic rings. The summed E-state index contributed by atoms with van der Waals surface area (Å²) in [5, 5.41) is -1.80. The normalized spacial score (nSPS) is 22.7. The van der Waals surface area contributed by atoms with Gasteiger partial charge in [-0.2, -0.15) is 43.9 Å². The van der Waals surface area contributed by atoms with Gasteiger partial charge in [-0.3, -0.25) is 0 Å². The van der Waals surface area contributed by atoms with E-state index in [2.05, 4.69) is 0 Å². The van der Waals surface area contributed by atoms with Crippen molar-refractivity contribution in [3.05, 3.63) is 102 Å². The molecule has 0 N–H and O–H groups in total. The van der Waals surface area contributed by atoms with Gasteiger partial charge in [0.15, 0.2) is 0 Å². The van der Waals surface area contributed by atoms with Crippen LogP contribution >= 0.6 is 6.89 Å². The summed E-state index contributed by atoms with van der Waals surface area (Å²) in [6, 6.07) is 20.5. The van der Waals surface area contributed by atoms with Crippen LogP contribution in [0.5, 0.6) is 0 Å². The summed E-state index contributed by atoms with van der Waals surface area (Å²) in [6.07, 6.45) is 0. The summed E-state index contributed by atoms with van der Waals surface area (Å²) in [4.78, 5) is 0. The number of hydrogen-bond donors (Lipinski definition) is 0. The van der Waals surface area contributed by atoms with Crippen molar-refractivity contribution in [3.63, 3.8) is 0 Å². The average Bonchev–Trinajstić information content (AvgIpc) is 2.87. The van der Waals surface area contributed by atoms with Crippen LogP contribution in [-0.4, -0.2) is 34.9 Å². The molecule has 0 amide bonds. The van der Waals surface area contributed by atoms with Crippen LogP contribution in [0.2, 0.25) is 0 Å². The topological polar surface area (TPSA) is 0 Å². The Morgan fingerprint density at radius 3 is 1.05 bits per heavy atom. The van der Waals surface area contributed by atoms with Gasteiger partial charge in [0.05, 0.1) is 5.57 Å². The van der Waals surface area contributed by atoms with Gasteiger partial charge in [0.2, 0.25) is 0 Å². The fraction of sp³-hybridized carbons (Fsp3) is 0.192. The predicted molar refractivity (Wildman–Crippen MR) is 122 cm³/mol. The van der Waals surface area contributed by atoms with Crippen LogP contribution in [0, 0.1) is 0 Å². The lowest BCUT2D eigenvalue weighted by molar-refractivity contribution is -0.351. The Hall–Kier alpha value is -3.00. The number of benzene rings is 3. The van der Waals surface area contributed by atoms with Gasteiger partial charge >= 0.3 is 29.6 Å². The van der Waals surface area contributed by atoms with Crippen molar-refractivity contribution < 1.29 is 43.9 Å². The van der Waals surface area contributed by atoms with Crippen molar-refractivity contribution in [1.82, 2.24) is 0 Å². The Bertz CT molecular complexity index is 1320. The van der Waals surface area contributed by atoms with Gasteiger partial charge in [-0.15, -0.1) is 0 Å². The van der Waals surface area contributed by atoms with Crippen molar-refractivity contribution in [2.45, 2.75) is 29.6 Å². The third-order valence-electron chi connectivity index (χ3n) is 6.68. The molecule has 2 aliphatic rings. The first-order chi connectivity index (χ1) is 17.2. The SMILES string of the molecule is FC1(F)C(=C2C(F)(F)C(F)(F)C2(F)F)C(=P(c2ccccc2)(c2ccccc2)c2ccccc2)C1(F)F. The molecule has 194 valence electrons. The fourth-order valence-corrected chi connectivity index (χ4v) is 9.63. The van der Waals surface area contributed by atoms with E-state index in [1.165, 1.54) is 91.0 Å². The lowest BCUT2D eigenvalue weighted by Crippen LogP contribution is -2.74. The molecule has 11 heteroatoms. The van der Waals surface area contributed by atoms with Gasteiger partial charge in [0, 0.05) is 10.9 Å². The fourth-order valence-electron chi connectivity index (χ4n) is 4.95. The standard InChI is InChI=1S/C26H15F10P/c27-22(28)19(20-23(29,30)26(35,36)24(20,31)32)21(25(22,33)34)37(16-10-4-1-5-11-16,17-12-6-2-7-13-17)18-14-8-3-9-15-18/h1-15H. The number of hydrogen-bond acceptors (Lipinski definition) is 0. The quantitative estimate of drug-likeness (QED) is 0.254. The van der Waals surface area contributed by atoms with Crippen LogP contribution < -0.4 is 15.9 Å². The van der Waals surface area contributed by atoms with Crippen molar-refractivity contribution >= 4 is 28.1 Å². The summed E-state index contributed by atoms with van der Waals surface area (Å²) in [6.45, 7) is -4.29. The van der Waals surface area contributed by atoms with Crippen molar-refractivity contribution in [1.29, 1.82) is 0 Å². The lowest BCUT2D eigenvalue weighted by atomic mass is 9.67. The van der Waals surface area contributed by atoms with E-state index >= 15 is 8.78 Å². The molecular weight excluding hydrogens is 533 g/mol. The second-order valence-electron chi connectivity index (χ2n) is 8.65. The van der Waals surface area contributed by atoms with E-state index < -0.39 is 52.9 Å². The van der Waals surface area contributed by atoms with E-state index in [-0.39, 0.29) is 15.9 Å². The van der Waals surface area contributed by atoms with Gasteiger partial charge in [0.25, 0.3) is 0 Å². The molecule has 3 aromatic carbocycles. The van der Waals surface area contributed by atoms with E-state index in [0.717, 1.165) is 0 Å². The van der Waals surface area contributed by atoms with Crippen LogP contribution in [0.4, 0.5) is 43.9 Å². The highest BCUT2D eigenvalue weighted by Crippen LogP contribution is 2.72. The Kier molecular flexibility index (Phi) is 5.38.